The zero-order valence-corrected chi connectivity index (χ0v) is 17.0. The summed E-state index contributed by atoms with van der Waals surface area (Å²) in [6, 6.07) is 14.6. The molecule has 1 aromatic heterocycles. The second-order valence-electron chi connectivity index (χ2n) is 7.42. The van der Waals surface area contributed by atoms with Crippen molar-refractivity contribution in [1.82, 2.24) is 9.88 Å². The number of carbonyl (C=O) groups is 2. The summed E-state index contributed by atoms with van der Waals surface area (Å²) in [4.78, 5) is 24.7. The van der Waals surface area contributed by atoms with E-state index >= 15 is 0 Å². The average Bonchev–Trinajstić information content (AvgIpc) is 3.36. The summed E-state index contributed by atoms with van der Waals surface area (Å²) in [6.07, 6.45) is -1.74. The van der Waals surface area contributed by atoms with E-state index in [-0.39, 0.29) is 12.7 Å². The topological polar surface area (TPSA) is 92.4 Å². The Kier molecular flexibility index (Phi) is 5.29. The average molecular weight is 443 g/mol. The molecule has 1 unspecified atom stereocenters. The van der Waals surface area contributed by atoms with Crippen LogP contribution in [0.25, 0.3) is 5.69 Å². The fourth-order valence-corrected chi connectivity index (χ4v) is 3.74. The molecule has 0 saturated carbocycles. The van der Waals surface area contributed by atoms with Crippen molar-refractivity contribution in [2.24, 2.45) is 5.73 Å². The first kappa shape index (κ1) is 21.3. The summed E-state index contributed by atoms with van der Waals surface area (Å²) in [5.74, 6) is -2.47. The lowest BCUT2D eigenvalue weighted by Gasteiger charge is -2.23. The molecule has 1 atom stereocenters. The number of nitrogens with one attached hydrogen (secondary N) is 2. The van der Waals surface area contributed by atoms with E-state index in [1.54, 1.807) is 35.2 Å². The van der Waals surface area contributed by atoms with E-state index in [9.17, 15) is 22.8 Å². The Balaban J connectivity index is 1.48. The van der Waals surface area contributed by atoms with Crippen molar-refractivity contribution < 1.29 is 22.8 Å². The van der Waals surface area contributed by atoms with E-state index in [4.69, 9.17) is 5.73 Å². The number of halogens is 3. The monoisotopic (exact) mass is 443 g/mol. The first-order chi connectivity index (χ1) is 15.1. The van der Waals surface area contributed by atoms with Crippen LogP contribution in [0.1, 0.15) is 27.7 Å². The van der Waals surface area contributed by atoms with Crippen LogP contribution in [-0.2, 0) is 11.3 Å². The molecule has 0 bridgehead atoms. The largest absolute Gasteiger partial charge is 0.471 e. The molecule has 0 aliphatic carbocycles. The summed E-state index contributed by atoms with van der Waals surface area (Å²) in [7, 11) is 1.87. The van der Waals surface area contributed by atoms with Crippen LogP contribution in [-0.4, -0.2) is 29.6 Å². The zero-order valence-electron chi connectivity index (χ0n) is 17.0. The van der Waals surface area contributed by atoms with E-state index in [0.29, 0.717) is 11.1 Å². The number of carbonyl (C=O) groups excluding carboxylic acids is 2. The van der Waals surface area contributed by atoms with E-state index in [2.05, 4.69) is 5.32 Å². The van der Waals surface area contributed by atoms with Crippen LogP contribution in [0.15, 0.2) is 60.9 Å². The molecule has 4 N–H and O–H groups in total. The second-order valence-corrected chi connectivity index (χ2v) is 7.42. The summed E-state index contributed by atoms with van der Waals surface area (Å²) >= 11 is 0. The molecule has 3 aromatic rings. The van der Waals surface area contributed by atoms with E-state index < -0.39 is 18.0 Å². The highest BCUT2D eigenvalue weighted by Gasteiger charge is 2.38. The van der Waals surface area contributed by atoms with Crippen LogP contribution in [0, 0.1) is 0 Å². The van der Waals surface area contributed by atoms with Gasteiger partial charge in [-0.2, -0.15) is 13.2 Å². The van der Waals surface area contributed by atoms with E-state index in [1.807, 2.05) is 47.6 Å². The molecule has 10 heteroatoms. The van der Waals surface area contributed by atoms with Crippen LogP contribution >= 0.6 is 0 Å². The molecular weight excluding hydrogens is 423 g/mol. The molecule has 1 aliphatic heterocycles. The summed E-state index contributed by atoms with van der Waals surface area (Å²) in [5.41, 5.74) is 9.79. The number of hydrogen-bond acceptors (Lipinski definition) is 4. The lowest BCUT2D eigenvalue weighted by Crippen LogP contribution is -2.36. The Labute approximate surface area is 181 Å². The van der Waals surface area contributed by atoms with Crippen LogP contribution in [0.2, 0.25) is 0 Å². The summed E-state index contributed by atoms with van der Waals surface area (Å²) in [6.45, 7) is -0.222. The molecule has 2 heterocycles. The van der Waals surface area contributed by atoms with Gasteiger partial charge in [-0.25, -0.2) is 0 Å². The third-order valence-corrected chi connectivity index (χ3v) is 5.31. The highest BCUT2D eigenvalue weighted by atomic mass is 19.4. The minimum atomic E-state index is -4.91. The number of fused-ring (bicyclic) bond motifs is 1. The maximum absolute atomic E-state index is 12.3. The van der Waals surface area contributed by atoms with Gasteiger partial charge < -0.3 is 25.8 Å². The van der Waals surface area contributed by atoms with Gasteiger partial charge in [-0.15, -0.1) is 0 Å². The third kappa shape index (κ3) is 3.98. The Morgan fingerprint density at radius 3 is 2.50 bits per heavy atom. The predicted octanol–water partition coefficient (Wildman–Crippen LogP) is 3.32. The summed E-state index contributed by atoms with van der Waals surface area (Å²) in [5, 5.41) is 5.23. The van der Waals surface area contributed by atoms with Crippen molar-refractivity contribution in [3.05, 3.63) is 77.6 Å². The van der Waals surface area contributed by atoms with Crippen molar-refractivity contribution in [1.29, 1.82) is 0 Å². The van der Waals surface area contributed by atoms with Crippen LogP contribution in [0.5, 0.6) is 0 Å². The molecule has 0 spiro atoms. The number of aromatic nitrogens is 1. The van der Waals surface area contributed by atoms with Gasteiger partial charge in [-0.1, -0.05) is 18.2 Å². The number of rotatable bonds is 5. The SMILES string of the molecule is CN1c2c(cccc2C(N)=O)NC1c1ccc(-n2ccc(CNC(=O)C(F)(F)F)c2)cc1. The normalized spacial score (nSPS) is 15.2. The quantitative estimate of drug-likeness (QED) is 0.564. The Morgan fingerprint density at radius 1 is 1.12 bits per heavy atom. The summed E-state index contributed by atoms with van der Waals surface area (Å²) < 4.78 is 38.7. The molecule has 0 fully saturated rings. The lowest BCUT2D eigenvalue weighted by atomic mass is 10.1. The van der Waals surface area contributed by atoms with Gasteiger partial charge in [0.2, 0.25) is 0 Å². The Morgan fingerprint density at radius 2 is 1.84 bits per heavy atom. The van der Waals surface area contributed by atoms with Gasteiger partial charge >= 0.3 is 12.1 Å². The second kappa shape index (κ2) is 7.95. The van der Waals surface area contributed by atoms with Gasteiger partial charge in [0.1, 0.15) is 6.17 Å². The predicted molar refractivity (Wildman–Crippen MR) is 113 cm³/mol. The van der Waals surface area contributed by atoms with Crippen LogP contribution < -0.4 is 21.3 Å². The third-order valence-electron chi connectivity index (χ3n) is 5.31. The number of primary amides is 1. The number of para-hydroxylation sites is 1. The minimum absolute atomic E-state index is 0.197. The van der Waals surface area contributed by atoms with Crippen LogP contribution in [0.3, 0.4) is 0 Å². The van der Waals surface area contributed by atoms with Gasteiger partial charge in [-0.3, -0.25) is 9.59 Å². The van der Waals surface area contributed by atoms with Crippen molar-refractivity contribution in [3.63, 3.8) is 0 Å². The fraction of sp³-hybridized carbons (Fsp3) is 0.182. The molecular formula is C22H20F3N5O2. The standard InChI is InChI=1S/C22H20F3N5O2/c1-29-18-16(19(26)31)3-2-4-17(18)28-20(29)14-5-7-15(8-6-14)30-10-9-13(12-30)11-27-21(32)22(23,24)25/h2-10,12,20,28H,11H2,1H3,(H2,26,31)(H,27,32). The first-order valence-corrected chi connectivity index (χ1v) is 9.69. The van der Waals surface area contributed by atoms with Crippen molar-refractivity contribution >= 4 is 23.2 Å². The maximum Gasteiger partial charge on any atom is 0.471 e. The Hall–Kier alpha value is -3.95. The molecule has 0 saturated heterocycles. The van der Waals surface area contributed by atoms with Gasteiger partial charge in [-0.05, 0) is 41.5 Å². The first-order valence-electron chi connectivity index (χ1n) is 9.69. The molecule has 7 nitrogen and oxygen atoms in total. The number of nitrogens with two attached hydrogens (primary N) is 1. The maximum atomic E-state index is 12.3. The highest BCUT2D eigenvalue weighted by molar-refractivity contribution is 6.03. The minimum Gasteiger partial charge on any atom is -0.366 e. The molecule has 0 radical (unpaired) electrons. The van der Waals surface area contributed by atoms with Gasteiger partial charge in [0, 0.05) is 31.7 Å². The smallest absolute Gasteiger partial charge is 0.366 e. The number of amides is 2. The molecule has 4 rings (SSSR count). The Bertz CT molecular complexity index is 1170. The highest BCUT2D eigenvalue weighted by Crippen LogP contribution is 2.42. The van der Waals surface area contributed by atoms with Crippen LogP contribution in [0.4, 0.5) is 24.5 Å². The number of alkyl halides is 3. The van der Waals surface area contributed by atoms with Gasteiger partial charge in [0.15, 0.2) is 0 Å². The van der Waals surface area contributed by atoms with Gasteiger partial charge in [0.05, 0.1) is 16.9 Å². The zero-order chi connectivity index (χ0) is 23.0. The molecule has 2 amide bonds. The van der Waals surface area contributed by atoms with Gasteiger partial charge in [0.25, 0.3) is 5.91 Å². The van der Waals surface area contributed by atoms with E-state index in [1.165, 1.54) is 0 Å². The fourth-order valence-electron chi connectivity index (χ4n) is 3.74. The molecule has 2 aromatic carbocycles. The molecule has 32 heavy (non-hydrogen) atoms. The number of nitrogens with zero attached hydrogens (tertiary/aromatic N) is 2. The van der Waals surface area contributed by atoms with E-state index in [0.717, 1.165) is 22.6 Å². The number of benzene rings is 2. The van der Waals surface area contributed by atoms with Crippen molar-refractivity contribution in [3.8, 4) is 5.69 Å². The molecule has 1 aliphatic rings. The molecule has 166 valence electrons. The van der Waals surface area contributed by atoms with Crippen molar-refractivity contribution in [2.45, 2.75) is 18.9 Å². The lowest BCUT2D eigenvalue weighted by molar-refractivity contribution is -0.173. The number of hydrogen-bond donors (Lipinski definition) is 3. The van der Waals surface area contributed by atoms with Crippen molar-refractivity contribution in [2.75, 3.05) is 17.3 Å². The number of anilines is 2.